The van der Waals surface area contributed by atoms with E-state index < -0.39 is 0 Å². The number of benzene rings is 1. The standard InChI is InChI=1S/C16H24O3/c1-3-13-8-16(9-14(13)10-17)19-11-12-4-6-15(18-2)7-5-12/h4-7,13-14,16-17H,3,8-11H2,1-2H3/t13-,14+,16-/m1/s1. The maximum Gasteiger partial charge on any atom is 0.118 e. The molecule has 0 spiro atoms. The molecule has 0 radical (unpaired) electrons. The fourth-order valence-corrected chi connectivity index (χ4v) is 2.95. The zero-order valence-corrected chi connectivity index (χ0v) is 11.8. The molecule has 0 heterocycles. The summed E-state index contributed by atoms with van der Waals surface area (Å²) in [6.45, 7) is 3.13. The van der Waals surface area contributed by atoms with Crippen molar-refractivity contribution in [3.63, 3.8) is 0 Å². The van der Waals surface area contributed by atoms with E-state index in [1.54, 1.807) is 7.11 Å². The number of aliphatic hydroxyl groups excluding tert-OH is 1. The second-order valence-corrected chi connectivity index (χ2v) is 5.36. The maximum absolute atomic E-state index is 9.36. The quantitative estimate of drug-likeness (QED) is 0.858. The van der Waals surface area contributed by atoms with Crippen LogP contribution in [0.3, 0.4) is 0 Å². The van der Waals surface area contributed by atoms with Crippen LogP contribution in [0.5, 0.6) is 5.75 Å². The summed E-state index contributed by atoms with van der Waals surface area (Å²) in [7, 11) is 1.67. The first-order valence-electron chi connectivity index (χ1n) is 7.12. The van der Waals surface area contributed by atoms with Crippen molar-refractivity contribution in [3.8, 4) is 5.75 Å². The summed E-state index contributed by atoms with van der Waals surface area (Å²) < 4.78 is 11.1. The molecule has 1 aromatic rings. The first-order chi connectivity index (χ1) is 9.26. The summed E-state index contributed by atoms with van der Waals surface area (Å²) >= 11 is 0. The van der Waals surface area contributed by atoms with E-state index in [1.807, 2.05) is 24.3 Å². The van der Waals surface area contributed by atoms with Crippen molar-refractivity contribution in [1.82, 2.24) is 0 Å². The van der Waals surface area contributed by atoms with Gasteiger partial charge in [0, 0.05) is 6.61 Å². The van der Waals surface area contributed by atoms with Crippen LogP contribution in [-0.4, -0.2) is 24.9 Å². The second-order valence-electron chi connectivity index (χ2n) is 5.36. The SMILES string of the molecule is CC[C@@H]1C[C@@H](OCc2ccc(OC)cc2)C[C@H]1CO. The minimum Gasteiger partial charge on any atom is -0.497 e. The summed E-state index contributed by atoms with van der Waals surface area (Å²) in [5, 5.41) is 9.36. The molecule has 3 heteroatoms. The third-order valence-corrected chi connectivity index (χ3v) is 4.20. The molecule has 1 saturated carbocycles. The molecule has 0 aromatic heterocycles. The van der Waals surface area contributed by atoms with Crippen LogP contribution in [0.25, 0.3) is 0 Å². The average molecular weight is 264 g/mol. The molecular formula is C16H24O3. The van der Waals surface area contributed by atoms with Crippen molar-refractivity contribution in [1.29, 1.82) is 0 Å². The van der Waals surface area contributed by atoms with Crippen molar-refractivity contribution >= 4 is 0 Å². The number of methoxy groups -OCH3 is 1. The van der Waals surface area contributed by atoms with Crippen LogP contribution < -0.4 is 4.74 Å². The lowest BCUT2D eigenvalue weighted by Gasteiger charge is -2.13. The Bertz CT molecular complexity index is 362. The van der Waals surface area contributed by atoms with E-state index >= 15 is 0 Å². The molecule has 0 aliphatic heterocycles. The van der Waals surface area contributed by atoms with Gasteiger partial charge in [-0.3, -0.25) is 0 Å². The normalized spacial score (nSPS) is 26.6. The van der Waals surface area contributed by atoms with Crippen molar-refractivity contribution in [2.24, 2.45) is 11.8 Å². The van der Waals surface area contributed by atoms with Gasteiger partial charge in [-0.1, -0.05) is 25.5 Å². The molecule has 0 bridgehead atoms. The Balaban J connectivity index is 1.82. The zero-order valence-electron chi connectivity index (χ0n) is 11.8. The van der Waals surface area contributed by atoms with Gasteiger partial charge in [0.1, 0.15) is 5.75 Å². The molecule has 2 rings (SSSR count). The first-order valence-corrected chi connectivity index (χ1v) is 7.12. The Morgan fingerprint density at radius 1 is 1.16 bits per heavy atom. The van der Waals surface area contributed by atoms with E-state index in [9.17, 15) is 5.11 Å². The average Bonchev–Trinajstić information content (AvgIpc) is 2.88. The lowest BCUT2D eigenvalue weighted by molar-refractivity contribution is 0.0398. The number of aliphatic hydroxyl groups is 1. The first kappa shape index (κ1) is 14.4. The van der Waals surface area contributed by atoms with Gasteiger partial charge in [-0.05, 0) is 42.4 Å². The summed E-state index contributed by atoms with van der Waals surface area (Å²) in [5.74, 6) is 1.91. The molecule has 3 atom stereocenters. The third kappa shape index (κ3) is 3.71. The van der Waals surface area contributed by atoms with Gasteiger partial charge in [0.2, 0.25) is 0 Å². The Morgan fingerprint density at radius 2 is 1.84 bits per heavy atom. The molecule has 0 saturated heterocycles. The highest BCUT2D eigenvalue weighted by Crippen LogP contribution is 2.35. The van der Waals surface area contributed by atoms with E-state index in [4.69, 9.17) is 9.47 Å². The van der Waals surface area contributed by atoms with Crippen molar-refractivity contribution in [2.45, 2.75) is 38.9 Å². The molecule has 1 N–H and O–H groups in total. The fourth-order valence-electron chi connectivity index (χ4n) is 2.95. The van der Waals surface area contributed by atoms with E-state index in [1.165, 1.54) is 5.56 Å². The number of hydrogen-bond donors (Lipinski definition) is 1. The lowest BCUT2D eigenvalue weighted by Crippen LogP contribution is -2.11. The van der Waals surface area contributed by atoms with Crippen LogP contribution in [0.4, 0.5) is 0 Å². The highest BCUT2D eigenvalue weighted by molar-refractivity contribution is 5.26. The van der Waals surface area contributed by atoms with Gasteiger partial charge in [-0.25, -0.2) is 0 Å². The highest BCUT2D eigenvalue weighted by Gasteiger charge is 2.32. The zero-order chi connectivity index (χ0) is 13.7. The van der Waals surface area contributed by atoms with Crippen LogP contribution in [0.1, 0.15) is 31.7 Å². The predicted octanol–water partition coefficient (Wildman–Crippen LogP) is 3.01. The van der Waals surface area contributed by atoms with Crippen LogP contribution >= 0.6 is 0 Å². The van der Waals surface area contributed by atoms with Gasteiger partial charge >= 0.3 is 0 Å². The molecule has 1 aliphatic carbocycles. The van der Waals surface area contributed by atoms with E-state index in [0.29, 0.717) is 31.2 Å². The second kappa shape index (κ2) is 6.92. The van der Waals surface area contributed by atoms with Crippen LogP contribution in [0, 0.1) is 11.8 Å². The van der Waals surface area contributed by atoms with Crippen LogP contribution in [-0.2, 0) is 11.3 Å². The maximum atomic E-state index is 9.36. The molecule has 1 fully saturated rings. The van der Waals surface area contributed by atoms with Gasteiger partial charge in [0.15, 0.2) is 0 Å². The topological polar surface area (TPSA) is 38.7 Å². The summed E-state index contributed by atoms with van der Waals surface area (Å²) in [6, 6.07) is 7.99. The van der Waals surface area contributed by atoms with E-state index in [-0.39, 0.29) is 0 Å². The predicted molar refractivity (Wildman–Crippen MR) is 75.2 cm³/mol. The molecule has 1 aliphatic rings. The molecule has 0 unspecified atom stereocenters. The molecular weight excluding hydrogens is 240 g/mol. The Morgan fingerprint density at radius 3 is 2.37 bits per heavy atom. The molecule has 106 valence electrons. The Hall–Kier alpha value is -1.06. The molecule has 1 aromatic carbocycles. The van der Waals surface area contributed by atoms with Gasteiger partial charge in [0.25, 0.3) is 0 Å². The summed E-state index contributed by atoms with van der Waals surface area (Å²) in [6.07, 6.45) is 3.50. The third-order valence-electron chi connectivity index (χ3n) is 4.20. The smallest absolute Gasteiger partial charge is 0.118 e. The summed E-state index contributed by atoms with van der Waals surface area (Å²) in [4.78, 5) is 0. The van der Waals surface area contributed by atoms with Crippen molar-refractivity contribution < 1.29 is 14.6 Å². The van der Waals surface area contributed by atoms with Gasteiger partial charge in [0.05, 0.1) is 19.8 Å². The molecule has 19 heavy (non-hydrogen) atoms. The minimum absolute atomic E-state index is 0.293. The number of hydrogen-bond acceptors (Lipinski definition) is 3. The highest BCUT2D eigenvalue weighted by atomic mass is 16.5. The van der Waals surface area contributed by atoms with Crippen LogP contribution in [0.2, 0.25) is 0 Å². The van der Waals surface area contributed by atoms with E-state index in [2.05, 4.69) is 6.92 Å². The number of rotatable bonds is 6. The number of ether oxygens (including phenoxy) is 2. The lowest BCUT2D eigenvalue weighted by atomic mass is 9.95. The minimum atomic E-state index is 0.293. The fraction of sp³-hybridized carbons (Fsp3) is 0.625. The van der Waals surface area contributed by atoms with Gasteiger partial charge < -0.3 is 14.6 Å². The van der Waals surface area contributed by atoms with Crippen molar-refractivity contribution in [3.05, 3.63) is 29.8 Å². The van der Waals surface area contributed by atoms with E-state index in [0.717, 1.165) is 25.0 Å². The molecule has 3 nitrogen and oxygen atoms in total. The van der Waals surface area contributed by atoms with Crippen LogP contribution in [0.15, 0.2) is 24.3 Å². The monoisotopic (exact) mass is 264 g/mol. The Labute approximate surface area is 115 Å². The molecule has 0 amide bonds. The Kier molecular flexibility index (Phi) is 5.23. The summed E-state index contributed by atoms with van der Waals surface area (Å²) in [5.41, 5.74) is 1.17. The van der Waals surface area contributed by atoms with Crippen molar-refractivity contribution in [2.75, 3.05) is 13.7 Å². The largest absolute Gasteiger partial charge is 0.497 e. The van der Waals surface area contributed by atoms with Gasteiger partial charge in [-0.15, -0.1) is 0 Å². The van der Waals surface area contributed by atoms with Gasteiger partial charge in [-0.2, -0.15) is 0 Å².